The van der Waals surface area contributed by atoms with E-state index < -0.39 is 23.7 Å². The molecule has 0 spiro atoms. The van der Waals surface area contributed by atoms with Crippen LogP contribution in [0.2, 0.25) is 0 Å². The van der Waals surface area contributed by atoms with Crippen molar-refractivity contribution in [2.24, 2.45) is 0 Å². The maximum Gasteiger partial charge on any atom is 0.573 e. The van der Waals surface area contributed by atoms with Gasteiger partial charge in [-0.2, -0.15) is 13.2 Å². The Bertz CT molecular complexity index is 852. The van der Waals surface area contributed by atoms with Crippen molar-refractivity contribution in [3.63, 3.8) is 0 Å². The van der Waals surface area contributed by atoms with E-state index in [1.54, 1.807) is 0 Å². The first-order valence-electron chi connectivity index (χ1n) is 8.91. The number of phenolic OH excluding ortho intramolecular Hbond substituents is 1. The van der Waals surface area contributed by atoms with E-state index in [-0.39, 0.29) is 28.0 Å². The molecule has 0 aliphatic carbocycles. The summed E-state index contributed by atoms with van der Waals surface area (Å²) in [6, 6.07) is 8.10. The number of benzene rings is 2. The molecule has 2 aromatic rings. The van der Waals surface area contributed by atoms with Crippen LogP contribution in [-0.2, 0) is 0 Å². The number of piperazine rings is 1. The van der Waals surface area contributed by atoms with E-state index in [0.717, 1.165) is 12.1 Å². The molecule has 0 radical (unpaired) electrons. The predicted molar refractivity (Wildman–Crippen MR) is 99.4 cm³/mol. The van der Waals surface area contributed by atoms with E-state index in [1.807, 2.05) is 4.90 Å². The molecule has 11 heteroatoms. The molecule has 1 aliphatic rings. The average Bonchev–Trinajstić information content (AvgIpc) is 2.64. The molecule has 4 nitrogen and oxygen atoms in total. The van der Waals surface area contributed by atoms with Gasteiger partial charge >= 0.3 is 11.9 Å². The minimum atomic E-state index is -4.83. The maximum absolute atomic E-state index is 12.8. The van der Waals surface area contributed by atoms with E-state index in [4.69, 9.17) is 0 Å². The van der Waals surface area contributed by atoms with Crippen LogP contribution in [0.5, 0.6) is 11.5 Å². The number of rotatable bonds is 5. The molecule has 1 saturated heterocycles. The Labute approximate surface area is 172 Å². The number of hydrogen-bond donors (Lipinski definition) is 2. The van der Waals surface area contributed by atoms with Crippen molar-refractivity contribution in [1.82, 2.24) is 10.2 Å². The highest BCUT2D eigenvalue weighted by molar-refractivity contribution is 8.00. The highest BCUT2D eigenvalue weighted by Crippen LogP contribution is 2.42. The van der Waals surface area contributed by atoms with Crippen LogP contribution in [0.3, 0.4) is 0 Å². The summed E-state index contributed by atoms with van der Waals surface area (Å²) in [6.45, 7) is 2.34. The van der Waals surface area contributed by atoms with Crippen molar-refractivity contribution in [3.8, 4) is 11.5 Å². The Hall–Kier alpha value is -2.11. The molecule has 1 atom stereocenters. The minimum absolute atomic E-state index is 0.0903. The average molecular weight is 452 g/mol. The lowest BCUT2D eigenvalue weighted by molar-refractivity contribution is -0.274. The largest absolute Gasteiger partial charge is 0.573 e. The van der Waals surface area contributed by atoms with Gasteiger partial charge in [0.25, 0.3) is 0 Å². The Morgan fingerprint density at radius 3 is 2.17 bits per heavy atom. The van der Waals surface area contributed by atoms with Gasteiger partial charge in [0.15, 0.2) is 0 Å². The summed E-state index contributed by atoms with van der Waals surface area (Å²) in [5.74, 6) is -0.600. The highest BCUT2D eigenvalue weighted by Gasteiger charge is 2.33. The molecular weight excluding hydrogens is 434 g/mol. The zero-order valence-electron chi connectivity index (χ0n) is 15.4. The Morgan fingerprint density at radius 2 is 1.60 bits per heavy atom. The van der Waals surface area contributed by atoms with Crippen molar-refractivity contribution in [2.75, 3.05) is 26.2 Å². The normalized spacial score (nSPS) is 17.0. The van der Waals surface area contributed by atoms with Crippen LogP contribution in [0.25, 0.3) is 0 Å². The first kappa shape index (κ1) is 22.6. The van der Waals surface area contributed by atoms with Gasteiger partial charge in [0, 0.05) is 36.6 Å². The molecule has 0 unspecified atom stereocenters. The standard InChI is InChI=1S/C19H18F6N2O2S/c20-18(21,22)29-13-3-1-12(2-4-13)17(27-9-7-26-8-10-27)15-11-14(5-6-16(15)28)30-19(23,24)25/h1-6,11,17,26,28H,7-10H2/t17-/m0/s1. The third kappa shape index (κ3) is 6.19. The lowest BCUT2D eigenvalue weighted by Crippen LogP contribution is -2.45. The molecule has 1 heterocycles. The lowest BCUT2D eigenvalue weighted by atomic mass is 9.95. The summed E-state index contributed by atoms with van der Waals surface area (Å²) in [7, 11) is 0. The van der Waals surface area contributed by atoms with Crippen molar-refractivity contribution in [1.29, 1.82) is 0 Å². The first-order valence-corrected chi connectivity index (χ1v) is 9.73. The molecule has 0 amide bonds. The molecule has 3 rings (SSSR count). The van der Waals surface area contributed by atoms with E-state index in [2.05, 4.69) is 10.1 Å². The fraction of sp³-hybridized carbons (Fsp3) is 0.368. The number of halogens is 6. The predicted octanol–water partition coefficient (Wildman–Crippen LogP) is 4.90. The van der Waals surface area contributed by atoms with Crippen molar-refractivity contribution in [3.05, 3.63) is 53.6 Å². The summed E-state index contributed by atoms with van der Waals surface area (Å²) >= 11 is -0.295. The second-order valence-electron chi connectivity index (χ2n) is 6.57. The van der Waals surface area contributed by atoms with E-state index >= 15 is 0 Å². The van der Waals surface area contributed by atoms with Gasteiger partial charge in [0.2, 0.25) is 0 Å². The molecule has 2 N–H and O–H groups in total. The second kappa shape index (κ2) is 8.94. The molecule has 1 fully saturated rings. The first-order chi connectivity index (χ1) is 14.0. The topological polar surface area (TPSA) is 44.7 Å². The molecule has 1 aliphatic heterocycles. The number of aromatic hydroxyl groups is 1. The van der Waals surface area contributed by atoms with Gasteiger partial charge in [-0.3, -0.25) is 4.90 Å². The van der Waals surface area contributed by atoms with E-state index in [9.17, 15) is 31.4 Å². The molecule has 164 valence electrons. The van der Waals surface area contributed by atoms with Crippen LogP contribution in [0.1, 0.15) is 17.2 Å². The maximum atomic E-state index is 12.8. The number of nitrogens with one attached hydrogen (secondary N) is 1. The SMILES string of the molecule is Oc1ccc(SC(F)(F)F)cc1[C@H](c1ccc(OC(F)(F)F)cc1)N1CCNCC1. The fourth-order valence-corrected chi connectivity index (χ4v) is 3.92. The summed E-state index contributed by atoms with van der Waals surface area (Å²) in [5.41, 5.74) is -3.72. The second-order valence-corrected chi connectivity index (χ2v) is 7.71. The Balaban J connectivity index is 1.98. The third-order valence-electron chi connectivity index (χ3n) is 4.47. The summed E-state index contributed by atoms with van der Waals surface area (Å²) < 4.78 is 79.6. The van der Waals surface area contributed by atoms with Crippen LogP contribution < -0.4 is 10.1 Å². The van der Waals surface area contributed by atoms with E-state index in [1.165, 1.54) is 30.3 Å². The quantitative estimate of drug-likeness (QED) is 0.499. The summed E-state index contributed by atoms with van der Waals surface area (Å²) in [6.07, 6.45) is -4.83. The van der Waals surface area contributed by atoms with Crippen molar-refractivity contribution >= 4 is 11.8 Å². The van der Waals surface area contributed by atoms with Gasteiger partial charge in [-0.15, -0.1) is 13.2 Å². The highest BCUT2D eigenvalue weighted by atomic mass is 32.2. The molecular formula is C19H18F6N2O2S. The minimum Gasteiger partial charge on any atom is -0.508 e. The molecule has 0 saturated carbocycles. The Morgan fingerprint density at radius 1 is 0.967 bits per heavy atom. The molecule has 2 aromatic carbocycles. The van der Waals surface area contributed by atoms with Gasteiger partial charge in [-0.25, -0.2) is 0 Å². The number of thioether (sulfide) groups is 1. The van der Waals surface area contributed by atoms with Crippen LogP contribution in [0.15, 0.2) is 47.4 Å². The monoisotopic (exact) mass is 452 g/mol. The lowest BCUT2D eigenvalue weighted by Gasteiger charge is -2.36. The number of hydrogen-bond acceptors (Lipinski definition) is 5. The van der Waals surface area contributed by atoms with Gasteiger partial charge in [0.05, 0.1) is 6.04 Å². The van der Waals surface area contributed by atoms with Gasteiger partial charge in [0.1, 0.15) is 11.5 Å². The number of nitrogens with zero attached hydrogens (tertiary/aromatic N) is 1. The Kier molecular flexibility index (Phi) is 6.73. The number of ether oxygens (including phenoxy) is 1. The van der Waals surface area contributed by atoms with Crippen molar-refractivity contribution in [2.45, 2.75) is 22.8 Å². The van der Waals surface area contributed by atoms with Crippen LogP contribution in [-0.4, -0.2) is 48.1 Å². The van der Waals surface area contributed by atoms with Crippen molar-refractivity contribution < 1.29 is 36.2 Å². The zero-order chi connectivity index (χ0) is 21.9. The molecule has 30 heavy (non-hydrogen) atoms. The van der Waals surface area contributed by atoms with Gasteiger partial charge in [-0.1, -0.05) is 12.1 Å². The number of phenols is 1. The van der Waals surface area contributed by atoms with Crippen LogP contribution in [0.4, 0.5) is 26.3 Å². The zero-order valence-corrected chi connectivity index (χ0v) is 16.2. The summed E-state index contributed by atoms with van der Waals surface area (Å²) in [4.78, 5) is 1.86. The van der Waals surface area contributed by atoms with Gasteiger partial charge in [-0.05, 0) is 47.7 Å². The van der Waals surface area contributed by atoms with Crippen LogP contribution in [0, 0.1) is 0 Å². The van der Waals surface area contributed by atoms with Crippen LogP contribution >= 0.6 is 11.8 Å². The summed E-state index contributed by atoms with van der Waals surface area (Å²) in [5, 5.41) is 13.6. The molecule has 0 bridgehead atoms. The van der Waals surface area contributed by atoms with E-state index in [0.29, 0.717) is 31.7 Å². The number of alkyl halides is 6. The third-order valence-corrected chi connectivity index (χ3v) is 5.19. The smallest absolute Gasteiger partial charge is 0.508 e. The van der Waals surface area contributed by atoms with Gasteiger partial charge < -0.3 is 15.2 Å². The fourth-order valence-electron chi connectivity index (χ4n) is 3.33. The molecule has 0 aromatic heterocycles.